The Hall–Kier alpha value is -2.23. The zero-order chi connectivity index (χ0) is 20.3. The van der Waals surface area contributed by atoms with Crippen LogP contribution in [0.5, 0.6) is 0 Å². The second-order valence-electron chi connectivity index (χ2n) is 5.36. The van der Waals surface area contributed by atoms with Crippen LogP contribution in [-0.2, 0) is 11.0 Å². The number of nitrogens with one attached hydrogen (secondary N) is 1. The van der Waals surface area contributed by atoms with Crippen molar-refractivity contribution in [1.82, 2.24) is 9.97 Å². The van der Waals surface area contributed by atoms with Gasteiger partial charge < -0.3 is 9.73 Å². The van der Waals surface area contributed by atoms with E-state index in [-0.39, 0.29) is 27.4 Å². The highest BCUT2D eigenvalue weighted by atomic mass is 35.5. The molecule has 2 aromatic heterocycles. The fourth-order valence-corrected chi connectivity index (χ4v) is 3.21. The molecule has 28 heavy (non-hydrogen) atoms. The van der Waals surface area contributed by atoms with E-state index >= 15 is 0 Å². The van der Waals surface area contributed by atoms with Gasteiger partial charge in [0.2, 0.25) is 5.91 Å². The van der Waals surface area contributed by atoms with Gasteiger partial charge in [0.1, 0.15) is 11.4 Å². The third kappa shape index (κ3) is 5.18. The first kappa shape index (κ1) is 20.5. The molecule has 0 fully saturated rings. The summed E-state index contributed by atoms with van der Waals surface area (Å²) in [6.45, 7) is 0. The smallest absolute Gasteiger partial charge is 0.433 e. The number of thioether (sulfide) groups is 1. The summed E-state index contributed by atoms with van der Waals surface area (Å²) in [6, 6.07) is 8.31. The normalized spacial score (nSPS) is 11.5. The minimum atomic E-state index is -4.67. The Kier molecular flexibility index (Phi) is 6.17. The summed E-state index contributed by atoms with van der Waals surface area (Å²) in [6.07, 6.45) is -3.35. The van der Waals surface area contributed by atoms with Gasteiger partial charge in [-0.25, -0.2) is 9.97 Å². The number of alkyl halides is 3. The van der Waals surface area contributed by atoms with E-state index in [1.165, 1.54) is 30.5 Å². The van der Waals surface area contributed by atoms with Crippen LogP contribution in [0.15, 0.2) is 52.2 Å². The molecule has 0 aliphatic heterocycles. The van der Waals surface area contributed by atoms with E-state index in [1.54, 1.807) is 6.07 Å². The molecule has 0 bridgehead atoms. The van der Waals surface area contributed by atoms with Crippen LogP contribution >= 0.6 is 35.0 Å². The van der Waals surface area contributed by atoms with E-state index in [0.717, 1.165) is 17.8 Å². The Morgan fingerprint density at radius 3 is 2.61 bits per heavy atom. The largest absolute Gasteiger partial charge is 0.463 e. The molecule has 0 saturated heterocycles. The molecule has 0 aliphatic carbocycles. The summed E-state index contributed by atoms with van der Waals surface area (Å²) in [5, 5.41) is 2.98. The maximum atomic E-state index is 13.1. The van der Waals surface area contributed by atoms with E-state index < -0.39 is 17.8 Å². The number of nitrogens with zero attached hydrogens (tertiary/aromatic N) is 2. The summed E-state index contributed by atoms with van der Waals surface area (Å²) in [7, 11) is 0. The van der Waals surface area contributed by atoms with E-state index in [4.69, 9.17) is 27.6 Å². The van der Waals surface area contributed by atoms with Gasteiger partial charge in [0.15, 0.2) is 10.9 Å². The number of carbonyl (C=O) groups is 1. The van der Waals surface area contributed by atoms with Crippen LogP contribution in [-0.4, -0.2) is 21.6 Å². The molecule has 0 radical (unpaired) electrons. The van der Waals surface area contributed by atoms with Crippen molar-refractivity contribution >= 4 is 46.6 Å². The number of halogens is 5. The number of aromatic nitrogens is 2. The van der Waals surface area contributed by atoms with Gasteiger partial charge in [0, 0.05) is 5.02 Å². The van der Waals surface area contributed by atoms with Crippen LogP contribution in [0.25, 0.3) is 11.5 Å². The summed E-state index contributed by atoms with van der Waals surface area (Å²) >= 11 is 12.5. The Bertz CT molecular complexity index is 998. The number of amides is 1. The van der Waals surface area contributed by atoms with Gasteiger partial charge in [0.25, 0.3) is 0 Å². The summed E-state index contributed by atoms with van der Waals surface area (Å²) in [5.41, 5.74) is -0.827. The number of rotatable bonds is 5. The van der Waals surface area contributed by atoms with Gasteiger partial charge in [-0.3, -0.25) is 4.79 Å². The molecule has 1 N–H and O–H groups in total. The fourth-order valence-electron chi connectivity index (χ4n) is 2.09. The first-order valence-corrected chi connectivity index (χ1v) is 9.34. The topological polar surface area (TPSA) is 68.0 Å². The molecule has 1 amide bonds. The third-order valence-electron chi connectivity index (χ3n) is 3.31. The lowest BCUT2D eigenvalue weighted by Crippen LogP contribution is -2.15. The molecular formula is C17H10Cl2F3N3O2S. The zero-order valence-electron chi connectivity index (χ0n) is 13.8. The third-order valence-corrected chi connectivity index (χ3v) is 4.70. The van der Waals surface area contributed by atoms with Crippen LogP contribution < -0.4 is 5.32 Å². The lowest BCUT2D eigenvalue weighted by atomic mass is 10.2. The number of carbonyl (C=O) groups excluding carboxylic acids is 1. The van der Waals surface area contributed by atoms with Crippen molar-refractivity contribution in [2.75, 3.05) is 11.1 Å². The highest BCUT2D eigenvalue weighted by Gasteiger charge is 2.34. The number of benzene rings is 1. The Balaban J connectivity index is 1.76. The Labute approximate surface area is 171 Å². The van der Waals surface area contributed by atoms with E-state index in [0.29, 0.717) is 10.7 Å². The zero-order valence-corrected chi connectivity index (χ0v) is 16.1. The van der Waals surface area contributed by atoms with Gasteiger partial charge in [-0.15, -0.1) is 0 Å². The van der Waals surface area contributed by atoms with Crippen molar-refractivity contribution in [3.63, 3.8) is 0 Å². The second-order valence-corrected chi connectivity index (χ2v) is 7.14. The number of furan rings is 1. The van der Waals surface area contributed by atoms with E-state index in [9.17, 15) is 18.0 Å². The quantitative estimate of drug-likeness (QED) is 0.395. The van der Waals surface area contributed by atoms with E-state index in [2.05, 4.69) is 15.3 Å². The fraction of sp³-hybridized carbons (Fsp3) is 0.118. The van der Waals surface area contributed by atoms with E-state index in [1.807, 2.05) is 0 Å². The van der Waals surface area contributed by atoms with Crippen LogP contribution in [0.3, 0.4) is 0 Å². The molecule has 0 atom stereocenters. The van der Waals surface area contributed by atoms with Crippen molar-refractivity contribution < 1.29 is 22.4 Å². The first-order chi connectivity index (χ1) is 13.2. The maximum Gasteiger partial charge on any atom is 0.433 e. The predicted molar refractivity (Wildman–Crippen MR) is 101 cm³/mol. The Morgan fingerprint density at radius 2 is 1.96 bits per heavy atom. The second kappa shape index (κ2) is 8.42. The molecule has 11 heteroatoms. The van der Waals surface area contributed by atoms with Crippen LogP contribution in [0.4, 0.5) is 18.9 Å². The molecule has 5 nitrogen and oxygen atoms in total. The van der Waals surface area contributed by atoms with Gasteiger partial charge >= 0.3 is 6.18 Å². The standard InChI is InChI=1S/C17H10Cl2F3N3O2S/c18-9-3-4-11(10(19)6-9)23-15(26)8-28-16-24-12(13-2-1-5-27-13)7-14(25-16)17(20,21)22/h1-7H,8H2,(H,23,26). The summed E-state index contributed by atoms with van der Waals surface area (Å²) in [5.74, 6) is -0.556. The predicted octanol–water partition coefficient (Wildman–Crippen LogP) is 5.79. The average Bonchev–Trinajstić information content (AvgIpc) is 3.16. The Morgan fingerprint density at radius 1 is 1.18 bits per heavy atom. The number of anilines is 1. The molecule has 3 rings (SSSR count). The van der Waals surface area contributed by atoms with Crippen molar-refractivity contribution in [1.29, 1.82) is 0 Å². The van der Waals surface area contributed by atoms with Gasteiger partial charge in [-0.05, 0) is 36.4 Å². The molecule has 0 unspecified atom stereocenters. The van der Waals surface area contributed by atoms with Crippen LogP contribution in [0, 0.1) is 0 Å². The SMILES string of the molecule is O=C(CSc1nc(-c2ccco2)cc(C(F)(F)F)n1)Nc1ccc(Cl)cc1Cl. The summed E-state index contributed by atoms with van der Waals surface area (Å²) < 4.78 is 44.5. The van der Waals surface area contributed by atoms with Crippen LogP contribution in [0.1, 0.15) is 5.69 Å². The molecule has 1 aromatic carbocycles. The molecule has 2 heterocycles. The van der Waals surface area contributed by atoms with Crippen molar-refractivity contribution in [3.05, 3.63) is 58.4 Å². The lowest BCUT2D eigenvalue weighted by Gasteiger charge is -2.10. The maximum absolute atomic E-state index is 13.1. The number of hydrogen-bond acceptors (Lipinski definition) is 5. The molecule has 146 valence electrons. The molecule has 0 spiro atoms. The van der Waals surface area contributed by atoms with Gasteiger partial charge in [-0.1, -0.05) is 35.0 Å². The van der Waals surface area contributed by atoms with Crippen LogP contribution in [0.2, 0.25) is 10.0 Å². The molecular weight excluding hydrogens is 438 g/mol. The minimum Gasteiger partial charge on any atom is -0.463 e. The molecule has 0 saturated carbocycles. The number of hydrogen-bond donors (Lipinski definition) is 1. The van der Waals surface area contributed by atoms with Gasteiger partial charge in [-0.2, -0.15) is 13.2 Å². The lowest BCUT2D eigenvalue weighted by molar-refractivity contribution is -0.141. The van der Waals surface area contributed by atoms with Gasteiger partial charge in [0.05, 0.1) is 22.7 Å². The molecule has 0 aliphatic rings. The van der Waals surface area contributed by atoms with Crippen molar-refractivity contribution in [3.8, 4) is 11.5 Å². The molecule has 3 aromatic rings. The average molecular weight is 448 g/mol. The highest BCUT2D eigenvalue weighted by molar-refractivity contribution is 7.99. The van der Waals surface area contributed by atoms with Crippen molar-refractivity contribution in [2.45, 2.75) is 11.3 Å². The first-order valence-electron chi connectivity index (χ1n) is 7.60. The van der Waals surface area contributed by atoms with Crippen molar-refractivity contribution in [2.24, 2.45) is 0 Å². The summed E-state index contributed by atoms with van der Waals surface area (Å²) in [4.78, 5) is 19.6. The minimum absolute atomic E-state index is 0.0315. The monoisotopic (exact) mass is 447 g/mol. The highest BCUT2D eigenvalue weighted by Crippen LogP contribution is 2.32.